The van der Waals surface area contributed by atoms with Crippen molar-refractivity contribution in [3.63, 3.8) is 0 Å². The summed E-state index contributed by atoms with van der Waals surface area (Å²) in [6.45, 7) is 5.61. The summed E-state index contributed by atoms with van der Waals surface area (Å²) in [6.07, 6.45) is 7.55. The maximum absolute atomic E-state index is 6.29. The van der Waals surface area contributed by atoms with E-state index in [4.69, 9.17) is 5.73 Å². The van der Waals surface area contributed by atoms with Gasteiger partial charge in [-0.1, -0.05) is 35.3 Å². The Morgan fingerprint density at radius 2 is 2.24 bits per heavy atom. The van der Waals surface area contributed by atoms with Crippen molar-refractivity contribution in [2.75, 3.05) is 19.6 Å². The second-order valence-electron chi connectivity index (χ2n) is 6.88. The molecule has 3 rings (SSSR count). The summed E-state index contributed by atoms with van der Waals surface area (Å²) in [6, 6.07) is 6.77. The highest BCUT2D eigenvalue weighted by molar-refractivity contribution is 9.10. The summed E-state index contributed by atoms with van der Waals surface area (Å²) in [4.78, 5) is 2.73. The van der Waals surface area contributed by atoms with Gasteiger partial charge in [0.1, 0.15) is 0 Å². The molecule has 0 saturated carbocycles. The average Bonchev–Trinajstić information content (AvgIpc) is 2.54. The van der Waals surface area contributed by atoms with Crippen LogP contribution in [-0.4, -0.2) is 30.1 Å². The maximum Gasteiger partial charge on any atom is 0.0375 e. The predicted molar refractivity (Wildman–Crippen MR) is 92.5 cm³/mol. The molecule has 1 aliphatic carbocycles. The third-order valence-corrected chi connectivity index (χ3v) is 6.19. The Morgan fingerprint density at radius 3 is 3.00 bits per heavy atom. The molecular weight excluding hydrogens is 324 g/mol. The zero-order chi connectivity index (χ0) is 14.9. The van der Waals surface area contributed by atoms with E-state index in [9.17, 15) is 0 Å². The highest BCUT2D eigenvalue weighted by Crippen LogP contribution is 2.36. The zero-order valence-electron chi connectivity index (χ0n) is 13.1. The summed E-state index contributed by atoms with van der Waals surface area (Å²) in [7, 11) is 0. The fraction of sp³-hybridized carbons (Fsp3) is 0.667. The molecule has 2 unspecified atom stereocenters. The van der Waals surface area contributed by atoms with E-state index in [0.29, 0.717) is 0 Å². The van der Waals surface area contributed by atoms with Gasteiger partial charge in [-0.15, -0.1) is 0 Å². The lowest BCUT2D eigenvalue weighted by Crippen LogP contribution is -2.59. The molecule has 0 spiro atoms. The molecule has 0 aromatic heterocycles. The monoisotopic (exact) mass is 350 g/mol. The standard InChI is InChI=1S/C18H27BrN2/c1-2-14-4-3-9-21(12-14)18(13-20)8-7-15-10-17(19)6-5-16(15)11-18/h5-6,10,14H,2-4,7-9,11-13,20H2,1H3. The lowest BCUT2D eigenvalue weighted by molar-refractivity contribution is 0.0359. The number of piperidine rings is 1. The van der Waals surface area contributed by atoms with E-state index in [1.54, 1.807) is 0 Å². The molecule has 116 valence electrons. The predicted octanol–water partition coefficient (Wildman–Crippen LogP) is 3.76. The molecule has 0 bridgehead atoms. The summed E-state index contributed by atoms with van der Waals surface area (Å²) < 4.78 is 1.20. The summed E-state index contributed by atoms with van der Waals surface area (Å²) in [5, 5.41) is 0. The number of hydrogen-bond donors (Lipinski definition) is 1. The number of likely N-dealkylation sites (tertiary alicyclic amines) is 1. The SMILES string of the molecule is CCC1CCCN(C2(CN)CCc3cc(Br)ccc3C2)C1. The lowest BCUT2D eigenvalue weighted by atomic mass is 9.75. The smallest absolute Gasteiger partial charge is 0.0375 e. The first-order chi connectivity index (χ1) is 10.2. The highest BCUT2D eigenvalue weighted by atomic mass is 79.9. The largest absolute Gasteiger partial charge is 0.329 e. The van der Waals surface area contributed by atoms with Gasteiger partial charge >= 0.3 is 0 Å². The van der Waals surface area contributed by atoms with Crippen LogP contribution in [0, 0.1) is 5.92 Å². The van der Waals surface area contributed by atoms with E-state index in [1.165, 1.54) is 60.8 Å². The minimum absolute atomic E-state index is 0.203. The van der Waals surface area contributed by atoms with Crippen molar-refractivity contribution in [2.45, 2.75) is 51.0 Å². The number of rotatable bonds is 3. The van der Waals surface area contributed by atoms with E-state index in [2.05, 4.69) is 46.0 Å². The van der Waals surface area contributed by atoms with Crippen molar-refractivity contribution in [2.24, 2.45) is 11.7 Å². The van der Waals surface area contributed by atoms with Crippen molar-refractivity contribution < 1.29 is 0 Å². The molecule has 1 aromatic carbocycles. The molecule has 1 aliphatic heterocycles. The van der Waals surface area contributed by atoms with Crippen LogP contribution in [0.3, 0.4) is 0 Å². The Bertz CT molecular complexity index is 502. The number of aryl methyl sites for hydroxylation is 1. The second kappa shape index (κ2) is 6.39. The average molecular weight is 351 g/mol. The van der Waals surface area contributed by atoms with Crippen molar-refractivity contribution in [3.8, 4) is 0 Å². The van der Waals surface area contributed by atoms with Gasteiger partial charge in [0, 0.05) is 23.1 Å². The molecule has 0 radical (unpaired) electrons. The van der Waals surface area contributed by atoms with Gasteiger partial charge < -0.3 is 5.73 Å². The Morgan fingerprint density at radius 1 is 1.38 bits per heavy atom. The van der Waals surface area contributed by atoms with Crippen molar-refractivity contribution in [1.29, 1.82) is 0 Å². The van der Waals surface area contributed by atoms with E-state index in [-0.39, 0.29) is 5.54 Å². The van der Waals surface area contributed by atoms with Gasteiger partial charge in [-0.05, 0) is 67.8 Å². The maximum atomic E-state index is 6.29. The minimum Gasteiger partial charge on any atom is -0.329 e. The fourth-order valence-electron chi connectivity index (χ4n) is 4.21. The Balaban J connectivity index is 1.83. The number of nitrogens with two attached hydrogens (primary N) is 1. The molecule has 1 heterocycles. The fourth-order valence-corrected chi connectivity index (χ4v) is 4.62. The topological polar surface area (TPSA) is 29.3 Å². The molecule has 3 heteroatoms. The van der Waals surface area contributed by atoms with E-state index >= 15 is 0 Å². The Labute approximate surface area is 137 Å². The van der Waals surface area contributed by atoms with E-state index < -0.39 is 0 Å². The van der Waals surface area contributed by atoms with Gasteiger partial charge in [-0.2, -0.15) is 0 Å². The van der Waals surface area contributed by atoms with Crippen LogP contribution in [0.4, 0.5) is 0 Å². The van der Waals surface area contributed by atoms with Crippen LogP contribution in [-0.2, 0) is 12.8 Å². The van der Waals surface area contributed by atoms with Gasteiger partial charge in [0.05, 0.1) is 0 Å². The molecule has 2 aliphatic rings. The molecule has 1 aromatic rings. The lowest BCUT2D eigenvalue weighted by Gasteiger charge is -2.49. The van der Waals surface area contributed by atoms with Gasteiger partial charge in [0.15, 0.2) is 0 Å². The number of nitrogens with zero attached hydrogens (tertiary/aromatic N) is 1. The first-order valence-corrected chi connectivity index (χ1v) is 9.18. The first-order valence-electron chi connectivity index (χ1n) is 8.39. The van der Waals surface area contributed by atoms with Crippen LogP contribution in [0.2, 0.25) is 0 Å². The van der Waals surface area contributed by atoms with Gasteiger partial charge in [-0.25, -0.2) is 0 Å². The zero-order valence-corrected chi connectivity index (χ0v) is 14.7. The van der Waals surface area contributed by atoms with E-state index in [0.717, 1.165) is 18.9 Å². The van der Waals surface area contributed by atoms with Crippen LogP contribution in [0.25, 0.3) is 0 Å². The van der Waals surface area contributed by atoms with Crippen LogP contribution < -0.4 is 5.73 Å². The molecule has 1 saturated heterocycles. The van der Waals surface area contributed by atoms with Crippen LogP contribution in [0.1, 0.15) is 43.7 Å². The summed E-state index contributed by atoms with van der Waals surface area (Å²) in [5.41, 5.74) is 9.51. The molecule has 0 amide bonds. The van der Waals surface area contributed by atoms with Crippen LogP contribution in [0.15, 0.2) is 22.7 Å². The van der Waals surface area contributed by atoms with Crippen LogP contribution in [0.5, 0.6) is 0 Å². The minimum atomic E-state index is 0.203. The quantitative estimate of drug-likeness (QED) is 0.899. The van der Waals surface area contributed by atoms with Crippen molar-refractivity contribution in [3.05, 3.63) is 33.8 Å². The van der Waals surface area contributed by atoms with Crippen LogP contribution >= 0.6 is 15.9 Å². The van der Waals surface area contributed by atoms with Gasteiger partial charge in [-0.3, -0.25) is 4.90 Å². The number of halogens is 1. The number of hydrogen-bond acceptors (Lipinski definition) is 2. The van der Waals surface area contributed by atoms with Crippen molar-refractivity contribution in [1.82, 2.24) is 4.90 Å². The number of benzene rings is 1. The first kappa shape index (κ1) is 15.5. The van der Waals surface area contributed by atoms with Gasteiger partial charge in [0.25, 0.3) is 0 Å². The molecule has 21 heavy (non-hydrogen) atoms. The van der Waals surface area contributed by atoms with Gasteiger partial charge in [0.2, 0.25) is 0 Å². The Kier molecular flexibility index (Phi) is 4.72. The van der Waals surface area contributed by atoms with Crippen molar-refractivity contribution >= 4 is 15.9 Å². The summed E-state index contributed by atoms with van der Waals surface area (Å²) >= 11 is 3.59. The molecule has 1 fully saturated rings. The Hall–Kier alpha value is -0.380. The summed E-state index contributed by atoms with van der Waals surface area (Å²) in [5.74, 6) is 0.869. The molecule has 2 nitrogen and oxygen atoms in total. The molecule has 2 N–H and O–H groups in total. The number of fused-ring (bicyclic) bond motifs is 1. The normalized spacial score (nSPS) is 30.1. The third-order valence-electron chi connectivity index (χ3n) is 5.69. The highest BCUT2D eigenvalue weighted by Gasteiger charge is 2.40. The third kappa shape index (κ3) is 3.06. The van der Waals surface area contributed by atoms with E-state index in [1.807, 2.05) is 0 Å². The molecular formula is C18H27BrN2. The second-order valence-corrected chi connectivity index (χ2v) is 7.80. The molecule has 2 atom stereocenters.